The van der Waals surface area contributed by atoms with Crippen LogP contribution in [0.4, 0.5) is 22.7 Å². The van der Waals surface area contributed by atoms with Crippen molar-refractivity contribution in [1.29, 1.82) is 0 Å². The minimum Gasteiger partial charge on any atom is -0.319 e. The van der Waals surface area contributed by atoms with Gasteiger partial charge in [0.1, 0.15) is 0 Å². The largest absolute Gasteiger partial charge is 0.319 e. The summed E-state index contributed by atoms with van der Waals surface area (Å²) >= 11 is 0. The smallest absolute Gasteiger partial charge is 0.210 e. The van der Waals surface area contributed by atoms with Gasteiger partial charge in [0.15, 0.2) is 0 Å². The Morgan fingerprint density at radius 3 is 1.55 bits per heavy atom. The Morgan fingerprint density at radius 1 is 0.828 bits per heavy atom. The van der Waals surface area contributed by atoms with E-state index in [-0.39, 0.29) is 21.9 Å². The molecule has 0 amide bonds. The Balaban J connectivity index is 2.02. The topological polar surface area (TPSA) is 93.9 Å². The summed E-state index contributed by atoms with van der Waals surface area (Å²) in [5, 5.41) is 5.32. The van der Waals surface area contributed by atoms with E-state index in [0.29, 0.717) is 11.4 Å². The molecule has 2 aromatic rings. The highest BCUT2D eigenvalue weighted by Gasteiger charge is 2.33. The molecule has 0 saturated carbocycles. The molecule has 2 aromatic carbocycles. The number of nitrogens with zero attached hydrogens (tertiary/aromatic N) is 3. The van der Waals surface area contributed by atoms with Crippen LogP contribution in [0.25, 0.3) is 0 Å². The molecule has 4 N–H and O–H groups in total. The van der Waals surface area contributed by atoms with Crippen molar-refractivity contribution in [3.05, 3.63) is 36.4 Å². The number of hydrogen-bond donors (Lipinski definition) is 3. The molecule has 1 aliphatic heterocycles. The summed E-state index contributed by atoms with van der Waals surface area (Å²) in [6.07, 6.45) is 0. The molecule has 1 heterocycles. The van der Waals surface area contributed by atoms with Crippen LogP contribution in [0.1, 0.15) is 27.7 Å². The van der Waals surface area contributed by atoms with E-state index in [4.69, 9.17) is 5.84 Å². The van der Waals surface area contributed by atoms with Crippen LogP contribution in [0.3, 0.4) is 0 Å². The fraction of sp³-hybridized carbons (Fsp3) is 0.400. The molecule has 0 atom stereocenters. The van der Waals surface area contributed by atoms with Crippen LogP contribution < -0.4 is 21.7 Å². The molecule has 0 aromatic heterocycles. The van der Waals surface area contributed by atoms with Gasteiger partial charge in [0, 0.05) is 26.2 Å². The van der Waals surface area contributed by atoms with Crippen molar-refractivity contribution in [2.24, 2.45) is 5.84 Å². The first-order valence-corrected chi connectivity index (χ1v) is 11.1. The average molecular weight is 419 g/mol. The number of sulfone groups is 1. The molecule has 0 bridgehead atoms. The first-order valence-electron chi connectivity index (χ1n) is 9.59. The number of rotatable bonds is 6. The Kier molecular flexibility index (Phi) is 5.77. The fourth-order valence-electron chi connectivity index (χ4n) is 2.92. The first-order chi connectivity index (χ1) is 13.5. The van der Waals surface area contributed by atoms with Gasteiger partial charge in [-0.1, -0.05) is 0 Å². The second kappa shape index (κ2) is 7.83. The van der Waals surface area contributed by atoms with Gasteiger partial charge in [0.25, 0.3) is 0 Å². The Morgan fingerprint density at radius 2 is 1.21 bits per heavy atom. The molecule has 29 heavy (non-hydrogen) atoms. The Hall–Kier alpha value is -2.33. The highest BCUT2D eigenvalue weighted by atomic mass is 32.2. The normalized spacial score (nSPS) is 15.1. The third kappa shape index (κ3) is 4.04. The number of hydrazine groups is 3. The van der Waals surface area contributed by atoms with E-state index in [9.17, 15) is 8.42 Å². The zero-order chi connectivity index (χ0) is 21.5. The second-order valence-corrected chi connectivity index (χ2v) is 9.76. The minimum absolute atomic E-state index is 0.199. The second-order valence-electron chi connectivity index (χ2n) is 7.87. The average Bonchev–Trinajstić information content (AvgIpc) is 2.65. The van der Waals surface area contributed by atoms with E-state index < -0.39 is 9.84 Å². The van der Waals surface area contributed by atoms with Gasteiger partial charge in [0.05, 0.1) is 32.5 Å². The van der Waals surface area contributed by atoms with Crippen molar-refractivity contribution in [2.45, 2.75) is 49.6 Å². The van der Waals surface area contributed by atoms with Gasteiger partial charge in [-0.15, -0.1) is 0 Å². The lowest BCUT2D eigenvalue weighted by Crippen LogP contribution is -2.34. The lowest BCUT2D eigenvalue weighted by Gasteiger charge is -2.31. The van der Waals surface area contributed by atoms with Gasteiger partial charge in [0.2, 0.25) is 9.84 Å². The van der Waals surface area contributed by atoms with Gasteiger partial charge in [-0.25, -0.2) is 24.3 Å². The van der Waals surface area contributed by atoms with Crippen LogP contribution in [0.15, 0.2) is 46.2 Å². The van der Waals surface area contributed by atoms with Crippen molar-refractivity contribution in [1.82, 2.24) is 10.0 Å². The van der Waals surface area contributed by atoms with Gasteiger partial charge >= 0.3 is 0 Å². The molecule has 0 spiro atoms. The van der Waals surface area contributed by atoms with Crippen molar-refractivity contribution in [3.8, 4) is 0 Å². The molecule has 0 unspecified atom stereocenters. The number of hydrogen-bond acceptors (Lipinski definition) is 8. The van der Waals surface area contributed by atoms with E-state index >= 15 is 0 Å². The van der Waals surface area contributed by atoms with Crippen LogP contribution in [-0.2, 0) is 9.84 Å². The maximum Gasteiger partial charge on any atom is 0.210 e. The summed E-state index contributed by atoms with van der Waals surface area (Å²) < 4.78 is 26.4. The van der Waals surface area contributed by atoms with E-state index in [1.165, 1.54) is 5.01 Å². The first kappa shape index (κ1) is 21.4. The zero-order valence-electron chi connectivity index (χ0n) is 17.8. The highest BCUT2D eigenvalue weighted by molar-refractivity contribution is 7.92. The molecule has 0 radical (unpaired) electrons. The maximum absolute atomic E-state index is 13.2. The predicted octanol–water partition coefficient (Wildman–Crippen LogP) is 3.18. The lowest BCUT2D eigenvalue weighted by atomic mass is 10.2. The van der Waals surface area contributed by atoms with Gasteiger partial charge < -0.3 is 10.9 Å². The molecule has 158 valence electrons. The number of nitrogens with one attached hydrogen (secondary N) is 2. The number of fused-ring (bicyclic) bond motifs is 2. The zero-order valence-corrected chi connectivity index (χ0v) is 18.6. The van der Waals surface area contributed by atoms with Crippen molar-refractivity contribution >= 4 is 32.6 Å². The maximum atomic E-state index is 13.2. The highest BCUT2D eigenvalue weighted by Crippen LogP contribution is 2.44. The summed E-state index contributed by atoms with van der Waals surface area (Å²) in [4.78, 5) is 0.399. The van der Waals surface area contributed by atoms with E-state index in [1.807, 2.05) is 24.1 Å². The molecule has 1 aliphatic rings. The number of nitrogens with two attached hydrogens (primary N) is 1. The third-order valence-electron chi connectivity index (χ3n) is 5.18. The SMILES string of the molecule is CC(C)N(C)Nc1ccc2c(c1)N(N)c1cc(NN(C)C(C)C)ccc1S2(=O)=O. The third-order valence-corrected chi connectivity index (χ3v) is 7.02. The molecular formula is C20H30N6O2S. The van der Waals surface area contributed by atoms with Crippen LogP contribution in [-0.4, -0.2) is 44.6 Å². The lowest BCUT2D eigenvalue weighted by molar-refractivity contribution is 0.330. The van der Waals surface area contributed by atoms with Crippen molar-refractivity contribution in [3.63, 3.8) is 0 Å². The van der Waals surface area contributed by atoms with E-state index in [1.54, 1.807) is 36.4 Å². The summed E-state index contributed by atoms with van der Waals surface area (Å²) in [5.41, 5.74) is 8.91. The molecule has 0 saturated heterocycles. The van der Waals surface area contributed by atoms with Gasteiger partial charge in [-0.3, -0.25) is 5.01 Å². The fourth-order valence-corrected chi connectivity index (χ4v) is 4.52. The molecule has 0 fully saturated rings. The summed E-state index contributed by atoms with van der Waals surface area (Å²) in [6.45, 7) is 8.24. The predicted molar refractivity (Wildman–Crippen MR) is 118 cm³/mol. The quantitative estimate of drug-likeness (QED) is 0.486. The number of benzene rings is 2. The monoisotopic (exact) mass is 418 g/mol. The summed E-state index contributed by atoms with van der Waals surface area (Å²) in [5.74, 6) is 6.38. The minimum atomic E-state index is -3.66. The van der Waals surface area contributed by atoms with Crippen LogP contribution in [0.2, 0.25) is 0 Å². The summed E-state index contributed by atoms with van der Waals surface area (Å²) in [6, 6.07) is 10.8. The standard InChI is InChI=1S/C20H30N6O2S/c1-13(2)24(5)22-15-7-9-19-17(11-15)26(21)18-12-16(23-25(6)14(3)4)8-10-20(18)29(19,27)28/h7-14,22-23H,21H2,1-6H3. The van der Waals surface area contributed by atoms with Gasteiger partial charge in [-0.05, 0) is 64.1 Å². The van der Waals surface area contributed by atoms with Crippen molar-refractivity contribution in [2.75, 3.05) is 30.0 Å². The van der Waals surface area contributed by atoms with Crippen LogP contribution in [0, 0.1) is 0 Å². The number of anilines is 4. The molecule has 9 heteroatoms. The molecule has 8 nitrogen and oxygen atoms in total. The van der Waals surface area contributed by atoms with E-state index in [2.05, 4.69) is 38.5 Å². The van der Waals surface area contributed by atoms with E-state index in [0.717, 1.165) is 11.4 Å². The van der Waals surface area contributed by atoms with Crippen molar-refractivity contribution < 1.29 is 8.42 Å². The van der Waals surface area contributed by atoms with Crippen LogP contribution in [0.5, 0.6) is 0 Å². The van der Waals surface area contributed by atoms with Crippen LogP contribution >= 0.6 is 0 Å². The molecular weight excluding hydrogens is 388 g/mol. The summed E-state index contributed by atoms with van der Waals surface area (Å²) in [7, 11) is 0.198. The van der Waals surface area contributed by atoms with Gasteiger partial charge in [-0.2, -0.15) is 0 Å². The molecule has 0 aliphatic carbocycles. The Bertz CT molecular complexity index is 933. The Labute approximate surface area is 173 Å². The molecule has 3 rings (SSSR count).